The lowest BCUT2D eigenvalue weighted by molar-refractivity contribution is 0.536. The van der Waals surface area contributed by atoms with Crippen LogP contribution in [-0.4, -0.2) is 9.55 Å². The van der Waals surface area contributed by atoms with Crippen molar-refractivity contribution < 1.29 is 4.42 Å². The molecule has 0 atom stereocenters. The molecule has 6 nitrogen and oxygen atoms in total. The fourth-order valence-corrected chi connectivity index (χ4v) is 2.51. The average Bonchev–Trinajstić information content (AvgIpc) is 3.19. The van der Waals surface area contributed by atoms with Crippen molar-refractivity contribution >= 4 is 11.1 Å². The molecule has 106 valence electrons. The highest BCUT2D eigenvalue weighted by atomic mass is 16.4. The van der Waals surface area contributed by atoms with Crippen LogP contribution in [0.25, 0.3) is 11.1 Å². The number of aromatic amines is 1. The van der Waals surface area contributed by atoms with Crippen LogP contribution in [-0.2, 0) is 13.0 Å². The third kappa shape index (κ3) is 2.21. The zero-order chi connectivity index (χ0) is 14.3. The molecule has 0 aliphatic heterocycles. The summed E-state index contributed by atoms with van der Waals surface area (Å²) in [6.45, 7) is 2.01. The van der Waals surface area contributed by atoms with Gasteiger partial charge in [-0.15, -0.1) is 0 Å². The Morgan fingerprint density at radius 1 is 1.35 bits per heavy atom. The number of H-pyrrole nitrogens is 1. The fraction of sp³-hybridized carbons (Fsp3) is 0.500. The number of rotatable bonds is 4. The number of hydrogen-bond donors (Lipinski definition) is 1. The molecule has 1 aliphatic carbocycles. The van der Waals surface area contributed by atoms with Crippen LogP contribution in [0.1, 0.15) is 31.7 Å². The Balaban J connectivity index is 2.23. The molecule has 2 heterocycles. The number of fused-ring (bicyclic) bond motifs is 1. The lowest BCUT2D eigenvalue weighted by atomic mass is 10.1. The molecule has 0 bridgehead atoms. The molecule has 1 aliphatic rings. The van der Waals surface area contributed by atoms with E-state index in [-0.39, 0.29) is 17.8 Å². The summed E-state index contributed by atoms with van der Waals surface area (Å²) in [6, 6.07) is 1.37. The molecule has 6 heteroatoms. The van der Waals surface area contributed by atoms with Gasteiger partial charge >= 0.3 is 11.3 Å². The standard InChI is InChI=1S/C14H16N2O4/c1-2-16-13(18)11-9(6-5-8-3-4-8)7-10(17)20-12(11)15-14(16)19/h7-8H,2-6H2,1H3,(H,15,19). The maximum absolute atomic E-state index is 12.4. The second kappa shape index (κ2) is 4.77. The van der Waals surface area contributed by atoms with Gasteiger partial charge in [0.05, 0.1) is 0 Å². The summed E-state index contributed by atoms with van der Waals surface area (Å²) in [7, 11) is 0. The van der Waals surface area contributed by atoms with Crippen LogP contribution in [0, 0.1) is 5.92 Å². The Morgan fingerprint density at radius 3 is 2.75 bits per heavy atom. The normalized spacial score (nSPS) is 14.8. The SMILES string of the molecule is CCn1c(=O)[nH]c2oc(=O)cc(CCC3CC3)c2c1=O. The van der Waals surface area contributed by atoms with Crippen LogP contribution in [0.2, 0.25) is 0 Å². The molecule has 0 radical (unpaired) electrons. The van der Waals surface area contributed by atoms with E-state index in [9.17, 15) is 14.4 Å². The van der Waals surface area contributed by atoms with E-state index in [1.54, 1.807) is 6.92 Å². The first-order valence-corrected chi connectivity index (χ1v) is 6.90. The first-order valence-electron chi connectivity index (χ1n) is 6.90. The van der Waals surface area contributed by atoms with Crippen molar-refractivity contribution in [3.63, 3.8) is 0 Å². The first kappa shape index (κ1) is 12.9. The van der Waals surface area contributed by atoms with E-state index in [0.29, 0.717) is 23.3 Å². The summed E-state index contributed by atoms with van der Waals surface area (Å²) < 4.78 is 6.08. The van der Waals surface area contributed by atoms with Gasteiger partial charge in [0.25, 0.3) is 5.56 Å². The van der Waals surface area contributed by atoms with Crippen LogP contribution in [0.4, 0.5) is 0 Å². The van der Waals surface area contributed by atoms with E-state index < -0.39 is 11.3 Å². The van der Waals surface area contributed by atoms with Gasteiger partial charge in [0.15, 0.2) is 0 Å². The van der Waals surface area contributed by atoms with E-state index in [1.165, 1.54) is 18.9 Å². The Labute approximate surface area is 114 Å². The average molecular weight is 276 g/mol. The van der Waals surface area contributed by atoms with Gasteiger partial charge in [-0.3, -0.25) is 14.3 Å². The van der Waals surface area contributed by atoms with Gasteiger partial charge in [-0.1, -0.05) is 12.8 Å². The monoisotopic (exact) mass is 276 g/mol. The van der Waals surface area contributed by atoms with Gasteiger partial charge in [-0.2, -0.15) is 0 Å². The van der Waals surface area contributed by atoms with Crippen molar-refractivity contribution in [2.24, 2.45) is 5.92 Å². The van der Waals surface area contributed by atoms with Crippen molar-refractivity contribution in [2.45, 2.75) is 39.2 Å². The molecule has 0 unspecified atom stereocenters. The first-order chi connectivity index (χ1) is 9.60. The molecular weight excluding hydrogens is 260 g/mol. The van der Waals surface area contributed by atoms with Gasteiger partial charge in [-0.25, -0.2) is 9.59 Å². The minimum atomic E-state index is -0.549. The van der Waals surface area contributed by atoms with Gasteiger partial charge in [-0.05, 0) is 31.2 Å². The zero-order valence-electron chi connectivity index (χ0n) is 11.3. The largest absolute Gasteiger partial charge is 0.405 e. The maximum Gasteiger partial charge on any atom is 0.337 e. The van der Waals surface area contributed by atoms with Crippen molar-refractivity contribution in [3.05, 3.63) is 42.9 Å². The summed E-state index contributed by atoms with van der Waals surface area (Å²) in [5.74, 6) is 0.702. The molecule has 2 aromatic heterocycles. The predicted molar refractivity (Wildman–Crippen MR) is 74.1 cm³/mol. The molecule has 2 aromatic rings. The van der Waals surface area contributed by atoms with Crippen LogP contribution in [0.5, 0.6) is 0 Å². The summed E-state index contributed by atoms with van der Waals surface area (Å²) in [4.78, 5) is 38.1. The van der Waals surface area contributed by atoms with Gasteiger partial charge in [0.2, 0.25) is 5.71 Å². The summed E-state index contributed by atoms with van der Waals surface area (Å²) in [5, 5.41) is 0.326. The van der Waals surface area contributed by atoms with Gasteiger partial charge < -0.3 is 4.42 Å². The van der Waals surface area contributed by atoms with Crippen molar-refractivity contribution in [1.29, 1.82) is 0 Å². The highest BCUT2D eigenvalue weighted by molar-refractivity contribution is 5.75. The Kier molecular flexibility index (Phi) is 3.08. The molecule has 1 fully saturated rings. The molecule has 0 aromatic carbocycles. The second-order valence-corrected chi connectivity index (χ2v) is 5.26. The Hall–Kier alpha value is -2.11. The van der Waals surface area contributed by atoms with Crippen molar-refractivity contribution in [3.8, 4) is 0 Å². The molecule has 0 amide bonds. The number of nitrogens with one attached hydrogen (secondary N) is 1. The molecule has 0 saturated heterocycles. The zero-order valence-corrected chi connectivity index (χ0v) is 11.3. The highest BCUT2D eigenvalue weighted by Gasteiger charge is 2.22. The second-order valence-electron chi connectivity index (χ2n) is 5.26. The number of nitrogens with zero attached hydrogens (tertiary/aromatic N) is 1. The fourth-order valence-electron chi connectivity index (χ4n) is 2.51. The third-order valence-electron chi connectivity index (χ3n) is 3.80. The highest BCUT2D eigenvalue weighted by Crippen LogP contribution is 2.33. The molecular formula is C14H16N2O4. The lowest BCUT2D eigenvalue weighted by Crippen LogP contribution is -2.35. The van der Waals surface area contributed by atoms with Crippen LogP contribution >= 0.6 is 0 Å². The summed E-state index contributed by atoms with van der Waals surface area (Å²) in [5.41, 5.74) is -0.810. The molecule has 0 spiro atoms. The smallest absolute Gasteiger partial charge is 0.337 e. The van der Waals surface area contributed by atoms with E-state index in [4.69, 9.17) is 4.42 Å². The quantitative estimate of drug-likeness (QED) is 0.903. The number of aryl methyl sites for hydroxylation is 1. The summed E-state index contributed by atoms with van der Waals surface area (Å²) in [6.07, 6.45) is 4.06. The van der Waals surface area contributed by atoms with Gasteiger partial charge in [0, 0.05) is 12.6 Å². The van der Waals surface area contributed by atoms with Crippen LogP contribution in [0.15, 0.2) is 24.9 Å². The molecule has 20 heavy (non-hydrogen) atoms. The number of aromatic nitrogens is 2. The van der Waals surface area contributed by atoms with Crippen LogP contribution < -0.4 is 16.9 Å². The van der Waals surface area contributed by atoms with Gasteiger partial charge in [0.1, 0.15) is 5.39 Å². The summed E-state index contributed by atoms with van der Waals surface area (Å²) >= 11 is 0. The lowest BCUT2D eigenvalue weighted by Gasteiger charge is -2.06. The minimum absolute atomic E-state index is 0.0111. The topological polar surface area (TPSA) is 85.1 Å². The Morgan fingerprint density at radius 2 is 2.10 bits per heavy atom. The van der Waals surface area contributed by atoms with E-state index in [0.717, 1.165) is 11.0 Å². The van der Waals surface area contributed by atoms with E-state index in [1.807, 2.05) is 0 Å². The maximum atomic E-state index is 12.4. The van der Waals surface area contributed by atoms with Crippen LogP contribution in [0.3, 0.4) is 0 Å². The molecule has 3 rings (SSSR count). The van der Waals surface area contributed by atoms with Crippen molar-refractivity contribution in [1.82, 2.24) is 9.55 Å². The number of hydrogen-bond acceptors (Lipinski definition) is 4. The van der Waals surface area contributed by atoms with E-state index >= 15 is 0 Å². The molecule has 1 saturated carbocycles. The molecule has 1 N–H and O–H groups in total. The third-order valence-corrected chi connectivity index (χ3v) is 3.80. The predicted octanol–water partition coefficient (Wildman–Crippen LogP) is 1.01. The minimum Gasteiger partial charge on any atom is -0.405 e. The van der Waals surface area contributed by atoms with Crippen molar-refractivity contribution in [2.75, 3.05) is 0 Å². The van der Waals surface area contributed by atoms with E-state index in [2.05, 4.69) is 4.98 Å². The Bertz CT molecular complexity index is 824.